The first-order chi connectivity index (χ1) is 9.26. The molecule has 0 bridgehead atoms. The number of nitrogens with zero attached hydrogens (tertiary/aromatic N) is 3. The van der Waals surface area contributed by atoms with Crippen LogP contribution in [-0.4, -0.2) is 42.0 Å². The Kier molecular flexibility index (Phi) is 3.50. The molecule has 0 aromatic heterocycles. The Hall–Kier alpha value is -1.44. The van der Waals surface area contributed by atoms with E-state index >= 15 is 0 Å². The maximum Gasteiger partial charge on any atom is 0.127 e. The summed E-state index contributed by atoms with van der Waals surface area (Å²) in [4.78, 5) is 4.85. The molecule has 1 atom stereocenters. The van der Waals surface area contributed by atoms with Crippen LogP contribution in [0.5, 0.6) is 0 Å². The molecule has 0 radical (unpaired) electrons. The molecular formula is C15H18FN3. The minimum Gasteiger partial charge on any atom is -0.298 e. The zero-order valence-corrected chi connectivity index (χ0v) is 11.0. The molecule has 100 valence electrons. The van der Waals surface area contributed by atoms with Crippen LogP contribution < -0.4 is 0 Å². The molecule has 3 rings (SSSR count). The lowest BCUT2D eigenvalue weighted by Gasteiger charge is -2.37. The average Bonchev–Trinajstić information content (AvgIpc) is 2.89. The molecular weight excluding hydrogens is 241 g/mol. The van der Waals surface area contributed by atoms with Crippen LogP contribution >= 0.6 is 0 Å². The van der Waals surface area contributed by atoms with Crippen LogP contribution in [0.25, 0.3) is 0 Å². The number of halogens is 1. The molecule has 1 aromatic carbocycles. The van der Waals surface area contributed by atoms with Gasteiger partial charge in [-0.15, -0.1) is 0 Å². The van der Waals surface area contributed by atoms with Gasteiger partial charge in [-0.25, -0.2) is 4.39 Å². The number of benzene rings is 1. The van der Waals surface area contributed by atoms with Gasteiger partial charge in [0.2, 0.25) is 0 Å². The maximum absolute atomic E-state index is 13.8. The molecule has 0 amide bonds. The molecule has 2 aliphatic heterocycles. The van der Waals surface area contributed by atoms with Crippen molar-refractivity contribution >= 4 is 0 Å². The fourth-order valence-corrected chi connectivity index (χ4v) is 3.21. The highest BCUT2D eigenvalue weighted by Crippen LogP contribution is 2.23. The van der Waals surface area contributed by atoms with Gasteiger partial charge in [-0.3, -0.25) is 9.80 Å². The molecule has 2 saturated heterocycles. The number of nitriles is 1. The molecule has 2 fully saturated rings. The number of hydrogen-bond donors (Lipinski definition) is 0. The summed E-state index contributed by atoms with van der Waals surface area (Å²) in [7, 11) is 0. The maximum atomic E-state index is 13.8. The first-order valence-corrected chi connectivity index (χ1v) is 6.91. The number of hydrogen-bond acceptors (Lipinski definition) is 3. The second-order valence-corrected chi connectivity index (χ2v) is 5.49. The van der Waals surface area contributed by atoms with Gasteiger partial charge in [0.1, 0.15) is 5.82 Å². The van der Waals surface area contributed by atoms with E-state index in [0.717, 1.165) is 19.6 Å². The van der Waals surface area contributed by atoms with Gasteiger partial charge in [-0.1, -0.05) is 0 Å². The molecule has 1 aromatic rings. The third kappa shape index (κ3) is 2.63. The van der Waals surface area contributed by atoms with Gasteiger partial charge >= 0.3 is 0 Å². The lowest BCUT2D eigenvalue weighted by molar-refractivity contribution is 0.0985. The average molecular weight is 259 g/mol. The largest absolute Gasteiger partial charge is 0.298 e. The highest BCUT2D eigenvalue weighted by atomic mass is 19.1. The third-order valence-corrected chi connectivity index (χ3v) is 4.24. The van der Waals surface area contributed by atoms with E-state index in [4.69, 9.17) is 5.26 Å². The monoisotopic (exact) mass is 259 g/mol. The Labute approximate surface area is 113 Å². The zero-order valence-electron chi connectivity index (χ0n) is 11.0. The Balaban J connectivity index is 1.70. The van der Waals surface area contributed by atoms with E-state index < -0.39 is 0 Å². The summed E-state index contributed by atoms with van der Waals surface area (Å²) < 4.78 is 13.8. The fourth-order valence-electron chi connectivity index (χ4n) is 3.21. The molecule has 2 heterocycles. The summed E-state index contributed by atoms with van der Waals surface area (Å²) in [6.07, 6.45) is 2.55. The smallest absolute Gasteiger partial charge is 0.127 e. The Bertz CT molecular complexity index is 509. The molecule has 2 aliphatic rings. The Morgan fingerprint density at radius 1 is 1.32 bits per heavy atom. The molecule has 0 spiro atoms. The molecule has 19 heavy (non-hydrogen) atoms. The molecule has 0 saturated carbocycles. The molecule has 4 heteroatoms. The van der Waals surface area contributed by atoms with Gasteiger partial charge in [0.05, 0.1) is 11.6 Å². The van der Waals surface area contributed by atoms with Crippen LogP contribution in [0.2, 0.25) is 0 Å². The van der Waals surface area contributed by atoms with Gasteiger partial charge in [0.15, 0.2) is 0 Å². The molecule has 0 aliphatic carbocycles. The zero-order chi connectivity index (χ0) is 13.2. The van der Waals surface area contributed by atoms with Crippen LogP contribution in [0.3, 0.4) is 0 Å². The van der Waals surface area contributed by atoms with Crippen molar-refractivity contribution in [3.05, 3.63) is 35.1 Å². The predicted molar refractivity (Wildman–Crippen MR) is 71.0 cm³/mol. The minimum atomic E-state index is -0.201. The van der Waals surface area contributed by atoms with Crippen LogP contribution in [0, 0.1) is 17.1 Å². The van der Waals surface area contributed by atoms with Crippen LogP contribution in [0.15, 0.2) is 18.2 Å². The summed E-state index contributed by atoms with van der Waals surface area (Å²) in [6.45, 7) is 4.94. The van der Waals surface area contributed by atoms with E-state index in [0.29, 0.717) is 23.7 Å². The quantitative estimate of drug-likeness (QED) is 0.813. The van der Waals surface area contributed by atoms with Crippen molar-refractivity contribution in [1.82, 2.24) is 9.80 Å². The van der Waals surface area contributed by atoms with E-state index in [1.807, 2.05) is 0 Å². The van der Waals surface area contributed by atoms with Crippen LogP contribution in [0.1, 0.15) is 24.0 Å². The normalized spacial score (nSPS) is 24.1. The third-order valence-electron chi connectivity index (χ3n) is 4.24. The minimum absolute atomic E-state index is 0.201. The van der Waals surface area contributed by atoms with Gasteiger partial charge in [-0.05, 0) is 37.6 Å². The lowest BCUT2D eigenvalue weighted by Crippen LogP contribution is -2.49. The van der Waals surface area contributed by atoms with Gasteiger partial charge in [-0.2, -0.15) is 5.26 Å². The molecule has 0 N–H and O–H groups in total. The van der Waals surface area contributed by atoms with Crippen molar-refractivity contribution in [1.29, 1.82) is 5.26 Å². The fraction of sp³-hybridized carbons (Fsp3) is 0.533. The highest BCUT2D eigenvalue weighted by molar-refractivity contribution is 5.33. The van der Waals surface area contributed by atoms with Crippen molar-refractivity contribution < 1.29 is 4.39 Å². The Morgan fingerprint density at radius 2 is 2.21 bits per heavy atom. The topological polar surface area (TPSA) is 30.3 Å². The molecule has 3 nitrogen and oxygen atoms in total. The number of piperazine rings is 1. The second kappa shape index (κ2) is 5.28. The molecule has 1 unspecified atom stereocenters. The van der Waals surface area contributed by atoms with E-state index in [1.165, 1.54) is 31.5 Å². The summed E-state index contributed by atoms with van der Waals surface area (Å²) in [6, 6.07) is 7.34. The van der Waals surface area contributed by atoms with Gasteiger partial charge < -0.3 is 0 Å². The van der Waals surface area contributed by atoms with Crippen LogP contribution in [-0.2, 0) is 6.54 Å². The van der Waals surface area contributed by atoms with E-state index in [1.54, 1.807) is 6.07 Å². The van der Waals surface area contributed by atoms with Gasteiger partial charge in [0.25, 0.3) is 0 Å². The standard InChI is InChI=1S/C15H18FN3/c16-15-4-3-12(9-17)8-13(15)10-18-6-7-19-5-1-2-14(19)11-18/h3-4,8,14H,1-2,5-7,10-11H2. The second-order valence-electron chi connectivity index (χ2n) is 5.49. The van der Waals surface area contributed by atoms with Crippen molar-refractivity contribution in [2.45, 2.75) is 25.4 Å². The van der Waals surface area contributed by atoms with Crippen molar-refractivity contribution in [2.75, 3.05) is 26.2 Å². The van der Waals surface area contributed by atoms with Gasteiger partial charge in [0, 0.05) is 37.8 Å². The van der Waals surface area contributed by atoms with Crippen molar-refractivity contribution in [3.63, 3.8) is 0 Å². The van der Waals surface area contributed by atoms with E-state index in [9.17, 15) is 4.39 Å². The van der Waals surface area contributed by atoms with Crippen LogP contribution in [0.4, 0.5) is 4.39 Å². The summed E-state index contributed by atoms with van der Waals surface area (Å²) in [5.41, 5.74) is 1.18. The lowest BCUT2D eigenvalue weighted by atomic mass is 10.1. The van der Waals surface area contributed by atoms with Crippen molar-refractivity contribution in [3.8, 4) is 6.07 Å². The summed E-state index contributed by atoms with van der Waals surface area (Å²) in [5, 5.41) is 8.89. The summed E-state index contributed by atoms with van der Waals surface area (Å²) in [5.74, 6) is -0.201. The number of fused-ring (bicyclic) bond motifs is 1. The van der Waals surface area contributed by atoms with E-state index in [2.05, 4.69) is 15.9 Å². The first-order valence-electron chi connectivity index (χ1n) is 6.91. The Morgan fingerprint density at radius 3 is 3.05 bits per heavy atom. The van der Waals surface area contributed by atoms with Crippen molar-refractivity contribution in [2.24, 2.45) is 0 Å². The first kappa shape index (κ1) is 12.6. The predicted octanol–water partition coefficient (Wildman–Crippen LogP) is 1.98. The SMILES string of the molecule is N#Cc1ccc(F)c(CN2CCN3CCCC3C2)c1. The summed E-state index contributed by atoms with van der Waals surface area (Å²) >= 11 is 0. The highest BCUT2D eigenvalue weighted by Gasteiger charge is 2.30. The van der Waals surface area contributed by atoms with E-state index in [-0.39, 0.29) is 5.82 Å². The number of rotatable bonds is 2.